The number of rotatable bonds is 8. The number of methoxy groups -OCH3 is 1. The Balaban J connectivity index is 1.89. The molecule has 1 aromatic heterocycles. The monoisotopic (exact) mass is 287 g/mol. The van der Waals surface area contributed by atoms with Crippen molar-refractivity contribution in [3.63, 3.8) is 0 Å². The van der Waals surface area contributed by atoms with Crippen LogP contribution in [0.5, 0.6) is 0 Å². The van der Waals surface area contributed by atoms with Crippen LogP contribution in [-0.2, 0) is 17.7 Å². The van der Waals surface area contributed by atoms with E-state index in [1.165, 1.54) is 11.1 Å². The largest absolute Gasteiger partial charge is 0.385 e. The maximum absolute atomic E-state index is 5.11. The number of nitrogens with zero attached hydrogens (tertiary/aromatic N) is 2. The number of anilines is 1. The van der Waals surface area contributed by atoms with Gasteiger partial charge in [-0.3, -0.25) is 0 Å². The Kier molecular flexibility index (Phi) is 5.81. The highest BCUT2D eigenvalue weighted by Crippen LogP contribution is 2.11. The summed E-state index contributed by atoms with van der Waals surface area (Å²) in [6.45, 7) is 6.79. The molecule has 0 radical (unpaired) electrons. The molecule has 1 N–H and O–H groups in total. The van der Waals surface area contributed by atoms with Gasteiger partial charge in [0.05, 0.1) is 5.69 Å². The van der Waals surface area contributed by atoms with E-state index in [1.54, 1.807) is 7.11 Å². The van der Waals surface area contributed by atoms with Crippen molar-refractivity contribution in [2.24, 2.45) is 0 Å². The maximum Gasteiger partial charge on any atom is 0.203 e. The molecule has 2 rings (SSSR count). The Labute approximate surface area is 127 Å². The van der Waals surface area contributed by atoms with E-state index in [2.05, 4.69) is 52.3 Å². The van der Waals surface area contributed by atoms with Crippen LogP contribution in [0.3, 0.4) is 0 Å². The first-order valence-corrected chi connectivity index (χ1v) is 7.52. The fourth-order valence-electron chi connectivity index (χ4n) is 2.44. The lowest BCUT2D eigenvalue weighted by atomic mass is 10.1. The van der Waals surface area contributed by atoms with E-state index >= 15 is 0 Å². The van der Waals surface area contributed by atoms with Crippen molar-refractivity contribution in [1.82, 2.24) is 9.55 Å². The second-order valence-corrected chi connectivity index (χ2v) is 5.35. The number of ether oxygens (including phenoxy) is 1. The molecule has 2 aromatic rings. The Morgan fingerprint density at radius 3 is 2.81 bits per heavy atom. The molecule has 1 heterocycles. The highest BCUT2D eigenvalue weighted by atomic mass is 16.5. The van der Waals surface area contributed by atoms with E-state index in [4.69, 9.17) is 4.74 Å². The molecule has 0 aliphatic carbocycles. The lowest BCUT2D eigenvalue weighted by molar-refractivity contribution is 0.190. The van der Waals surface area contributed by atoms with Gasteiger partial charge in [0.2, 0.25) is 5.95 Å². The minimum atomic E-state index is 0.778. The molecule has 0 bridgehead atoms. The molecule has 0 aliphatic heterocycles. The smallest absolute Gasteiger partial charge is 0.203 e. The molecule has 0 fully saturated rings. The molecule has 0 saturated heterocycles. The van der Waals surface area contributed by atoms with Crippen LogP contribution in [0.1, 0.15) is 23.2 Å². The summed E-state index contributed by atoms with van der Waals surface area (Å²) in [5.41, 5.74) is 3.78. The van der Waals surface area contributed by atoms with E-state index in [-0.39, 0.29) is 0 Å². The van der Waals surface area contributed by atoms with Gasteiger partial charge < -0.3 is 14.6 Å². The molecule has 0 amide bonds. The van der Waals surface area contributed by atoms with Crippen LogP contribution in [-0.4, -0.2) is 29.8 Å². The molecule has 0 spiro atoms. The van der Waals surface area contributed by atoms with Crippen molar-refractivity contribution >= 4 is 5.95 Å². The minimum Gasteiger partial charge on any atom is -0.385 e. The van der Waals surface area contributed by atoms with Crippen LogP contribution in [0.4, 0.5) is 5.95 Å². The molecule has 0 atom stereocenters. The number of aryl methyl sites for hydroxylation is 3. The van der Waals surface area contributed by atoms with Crippen LogP contribution < -0.4 is 5.32 Å². The van der Waals surface area contributed by atoms with Crippen LogP contribution in [0.2, 0.25) is 0 Å². The van der Waals surface area contributed by atoms with Gasteiger partial charge in [-0.25, -0.2) is 4.98 Å². The van der Waals surface area contributed by atoms with Crippen molar-refractivity contribution in [3.05, 3.63) is 47.3 Å². The standard InChI is InChI=1S/C17H25N3O/c1-14-7-4-5-8-16(14)9-10-18-17-19-15(2)13-20(17)11-6-12-21-3/h4-5,7-8,13H,6,9-12H2,1-3H3,(H,18,19). The van der Waals surface area contributed by atoms with Gasteiger partial charge in [0.25, 0.3) is 0 Å². The van der Waals surface area contributed by atoms with E-state index in [1.807, 2.05) is 6.92 Å². The number of hydrogen-bond donors (Lipinski definition) is 1. The zero-order valence-corrected chi connectivity index (χ0v) is 13.2. The Hall–Kier alpha value is -1.81. The maximum atomic E-state index is 5.11. The predicted octanol–water partition coefficient (Wildman–Crippen LogP) is 3.19. The summed E-state index contributed by atoms with van der Waals surface area (Å²) in [5.74, 6) is 0.956. The van der Waals surface area contributed by atoms with Crippen LogP contribution in [0.15, 0.2) is 30.5 Å². The molecule has 21 heavy (non-hydrogen) atoms. The fourth-order valence-corrected chi connectivity index (χ4v) is 2.44. The van der Waals surface area contributed by atoms with Crippen molar-refractivity contribution in [1.29, 1.82) is 0 Å². The van der Waals surface area contributed by atoms with Crippen molar-refractivity contribution < 1.29 is 4.74 Å². The van der Waals surface area contributed by atoms with Crippen LogP contribution in [0, 0.1) is 13.8 Å². The first-order chi connectivity index (χ1) is 10.2. The van der Waals surface area contributed by atoms with Gasteiger partial charge in [-0.15, -0.1) is 0 Å². The summed E-state index contributed by atoms with van der Waals surface area (Å²) in [4.78, 5) is 4.55. The van der Waals surface area contributed by atoms with Gasteiger partial charge in [0.15, 0.2) is 0 Å². The highest BCUT2D eigenvalue weighted by Gasteiger charge is 2.05. The first-order valence-electron chi connectivity index (χ1n) is 7.52. The van der Waals surface area contributed by atoms with Crippen LogP contribution >= 0.6 is 0 Å². The van der Waals surface area contributed by atoms with E-state index in [0.717, 1.165) is 44.2 Å². The number of benzene rings is 1. The Morgan fingerprint density at radius 2 is 2.05 bits per heavy atom. The molecule has 0 unspecified atom stereocenters. The third-order valence-corrected chi connectivity index (χ3v) is 3.58. The summed E-state index contributed by atoms with van der Waals surface area (Å²) in [7, 11) is 1.74. The van der Waals surface area contributed by atoms with E-state index in [9.17, 15) is 0 Å². The normalized spacial score (nSPS) is 10.8. The average molecular weight is 287 g/mol. The quantitative estimate of drug-likeness (QED) is 0.758. The molecular weight excluding hydrogens is 262 g/mol. The minimum absolute atomic E-state index is 0.778. The van der Waals surface area contributed by atoms with Crippen molar-refractivity contribution in [3.8, 4) is 0 Å². The van der Waals surface area contributed by atoms with E-state index < -0.39 is 0 Å². The molecule has 4 heteroatoms. The van der Waals surface area contributed by atoms with Gasteiger partial charge >= 0.3 is 0 Å². The summed E-state index contributed by atoms with van der Waals surface area (Å²) >= 11 is 0. The lowest BCUT2D eigenvalue weighted by Crippen LogP contribution is -2.11. The highest BCUT2D eigenvalue weighted by molar-refractivity contribution is 5.31. The summed E-state index contributed by atoms with van der Waals surface area (Å²) in [5, 5.41) is 3.45. The number of imidazole rings is 1. The third kappa shape index (κ3) is 4.60. The zero-order valence-electron chi connectivity index (χ0n) is 13.2. The number of aromatic nitrogens is 2. The van der Waals surface area contributed by atoms with Crippen LogP contribution in [0.25, 0.3) is 0 Å². The number of nitrogens with one attached hydrogen (secondary N) is 1. The Bertz CT molecular complexity index is 563. The SMILES string of the molecule is COCCCn1cc(C)nc1NCCc1ccccc1C. The predicted molar refractivity (Wildman–Crippen MR) is 86.8 cm³/mol. The molecule has 4 nitrogen and oxygen atoms in total. The van der Waals surface area contributed by atoms with Gasteiger partial charge in [-0.1, -0.05) is 24.3 Å². The van der Waals surface area contributed by atoms with Gasteiger partial charge in [0, 0.05) is 33.0 Å². The molecule has 0 aliphatic rings. The lowest BCUT2D eigenvalue weighted by Gasteiger charge is -2.10. The van der Waals surface area contributed by atoms with Gasteiger partial charge in [-0.05, 0) is 37.8 Å². The first kappa shape index (κ1) is 15.6. The second-order valence-electron chi connectivity index (χ2n) is 5.35. The summed E-state index contributed by atoms with van der Waals surface area (Å²) in [6.07, 6.45) is 4.10. The molecule has 0 saturated carbocycles. The van der Waals surface area contributed by atoms with Crippen molar-refractivity contribution in [2.75, 3.05) is 25.6 Å². The van der Waals surface area contributed by atoms with Gasteiger partial charge in [-0.2, -0.15) is 0 Å². The summed E-state index contributed by atoms with van der Waals surface area (Å²) < 4.78 is 7.28. The average Bonchev–Trinajstić information content (AvgIpc) is 2.82. The zero-order chi connectivity index (χ0) is 15.1. The molecular formula is C17H25N3O. The molecule has 1 aromatic carbocycles. The second kappa shape index (κ2) is 7.84. The third-order valence-electron chi connectivity index (χ3n) is 3.58. The van der Waals surface area contributed by atoms with Gasteiger partial charge in [0.1, 0.15) is 0 Å². The summed E-state index contributed by atoms with van der Waals surface area (Å²) in [6, 6.07) is 8.52. The van der Waals surface area contributed by atoms with E-state index in [0.29, 0.717) is 0 Å². The fraction of sp³-hybridized carbons (Fsp3) is 0.471. The number of hydrogen-bond acceptors (Lipinski definition) is 3. The Morgan fingerprint density at radius 1 is 1.24 bits per heavy atom. The topological polar surface area (TPSA) is 39.1 Å². The molecule has 114 valence electrons. The van der Waals surface area contributed by atoms with Crippen molar-refractivity contribution in [2.45, 2.75) is 33.2 Å².